The van der Waals surface area contributed by atoms with Gasteiger partial charge in [0.05, 0.1) is 6.10 Å². The van der Waals surface area contributed by atoms with Crippen molar-refractivity contribution in [2.75, 3.05) is 0 Å². The second kappa shape index (κ2) is 4.45. The largest absolute Gasteiger partial charge is 0.392 e. The molecule has 1 unspecified atom stereocenters. The van der Waals surface area contributed by atoms with Gasteiger partial charge in [0.1, 0.15) is 0 Å². The molecule has 0 aliphatic carbocycles. The van der Waals surface area contributed by atoms with E-state index < -0.39 is 0 Å². The molecule has 0 aromatic heterocycles. The number of hydrogen-bond donors (Lipinski definition) is 2. The van der Waals surface area contributed by atoms with Crippen LogP contribution in [0.1, 0.15) is 41.5 Å². The molecular weight excluding hydrogens is 174 g/mol. The van der Waals surface area contributed by atoms with E-state index >= 15 is 0 Å². The second-order valence-electron chi connectivity index (χ2n) is 4.77. The minimum atomic E-state index is -0.332. The molecule has 2 N–H and O–H groups in total. The zero-order valence-corrected chi connectivity index (χ0v) is 9.75. The molecule has 12 heavy (non-hydrogen) atoms. The summed E-state index contributed by atoms with van der Waals surface area (Å²) in [6.45, 7) is 12.1. The van der Waals surface area contributed by atoms with Crippen molar-refractivity contribution < 1.29 is 5.11 Å². The molecule has 0 aromatic rings. The Morgan fingerprint density at radius 3 is 1.50 bits per heavy atom. The number of rotatable bonds is 2. The van der Waals surface area contributed by atoms with Crippen LogP contribution in [0, 0.1) is 0 Å². The smallest absolute Gasteiger partial charge is 0.0688 e. The normalized spacial score (nSPS) is 15.2. The number of hydrogen-bond acceptors (Lipinski definition) is 2. The van der Waals surface area contributed by atoms with E-state index in [9.17, 15) is 5.11 Å². The molecule has 76 valence electrons. The number of halogens is 1. The molecule has 0 radical (unpaired) electrons. The maximum absolute atomic E-state index is 9.38. The fourth-order valence-corrected chi connectivity index (χ4v) is 1.07. The SMILES string of the molecule is CC(O)C(C)(C)NC(C)(C)C.Cl. The van der Waals surface area contributed by atoms with E-state index in [1.165, 1.54) is 0 Å². The van der Waals surface area contributed by atoms with Crippen molar-refractivity contribution >= 4 is 12.4 Å². The topological polar surface area (TPSA) is 32.3 Å². The van der Waals surface area contributed by atoms with E-state index in [1.54, 1.807) is 6.92 Å². The monoisotopic (exact) mass is 195 g/mol. The molecule has 0 aliphatic heterocycles. The van der Waals surface area contributed by atoms with Crippen LogP contribution < -0.4 is 5.32 Å². The molecule has 2 nitrogen and oxygen atoms in total. The average Bonchev–Trinajstić information content (AvgIpc) is 1.56. The molecule has 0 rings (SSSR count). The first-order valence-electron chi connectivity index (χ1n) is 4.12. The van der Waals surface area contributed by atoms with Gasteiger partial charge < -0.3 is 10.4 Å². The van der Waals surface area contributed by atoms with E-state index in [1.807, 2.05) is 13.8 Å². The summed E-state index contributed by atoms with van der Waals surface area (Å²) in [6.07, 6.45) is -0.332. The Bertz CT molecular complexity index is 127. The Labute approximate surface area is 82.2 Å². The predicted molar refractivity (Wildman–Crippen MR) is 55.9 cm³/mol. The Balaban J connectivity index is 0. The molecule has 0 heterocycles. The van der Waals surface area contributed by atoms with Gasteiger partial charge in [0.2, 0.25) is 0 Å². The molecule has 1 atom stereocenters. The van der Waals surface area contributed by atoms with E-state index in [0.717, 1.165) is 0 Å². The lowest BCUT2D eigenvalue weighted by molar-refractivity contribution is 0.0783. The second-order valence-corrected chi connectivity index (χ2v) is 4.77. The maximum atomic E-state index is 9.38. The molecule has 3 heteroatoms. The van der Waals surface area contributed by atoms with Gasteiger partial charge in [-0.25, -0.2) is 0 Å². The van der Waals surface area contributed by atoms with Gasteiger partial charge in [-0.15, -0.1) is 12.4 Å². The highest BCUT2D eigenvalue weighted by Crippen LogP contribution is 2.13. The van der Waals surface area contributed by atoms with Crippen molar-refractivity contribution in [2.24, 2.45) is 0 Å². The van der Waals surface area contributed by atoms with Gasteiger partial charge in [-0.05, 0) is 41.5 Å². The fourth-order valence-electron chi connectivity index (χ4n) is 1.07. The minimum absolute atomic E-state index is 0. The molecule has 0 spiro atoms. The predicted octanol–water partition coefficient (Wildman–Crippen LogP) is 1.96. The van der Waals surface area contributed by atoms with Gasteiger partial charge >= 0.3 is 0 Å². The fraction of sp³-hybridized carbons (Fsp3) is 1.00. The number of nitrogens with one attached hydrogen (secondary N) is 1. The van der Waals surface area contributed by atoms with Crippen molar-refractivity contribution in [3.63, 3.8) is 0 Å². The summed E-state index contributed by atoms with van der Waals surface area (Å²) >= 11 is 0. The highest BCUT2D eigenvalue weighted by Gasteiger charge is 2.28. The highest BCUT2D eigenvalue weighted by molar-refractivity contribution is 5.85. The maximum Gasteiger partial charge on any atom is 0.0688 e. The van der Waals surface area contributed by atoms with Crippen LogP contribution in [0.5, 0.6) is 0 Å². The molecule has 0 aliphatic rings. The summed E-state index contributed by atoms with van der Waals surface area (Å²) in [5, 5.41) is 12.7. The minimum Gasteiger partial charge on any atom is -0.392 e. The Morgan fingerprint density at radius 2 is 1.42 bits per heavy atom. The molecule has 0 bridgehead atoms. The molecular formula is C9H22ClNO. The molecule has 0 fully saturated rings. The van der Waals surface area contributed by atoms with Gasteiger partial charge in [-0.1, -0.05) is 0 Å². The molecule has 0 amide bonds. The molecule has 0 aromatic carbocycles. The van der Waals surface area contributed by atoms with E-state index in [0.29, 0.717) is 0 Å². The van der Waals surface area contributed by atoms with Crippen LogP contribution in [0.2, 0.25) is 0 Å². The first-order chi connectivity index (χ1) is 4.65. The van der Waals surface area contributed by atoms with E-state index in [2.05, 4.69) is 26.1 Å². The lowest BCUT2D eigenvalue weighted by Gasteiger charge is -2.37. The Kier molecular flexibility index (Phi) is 5.45. The van der Waals surface area contributed by atoms with Gasteiger partial charge in [0.25, 0.3) is 0 Å². The first-order valence-corrected chi connectivity index (χ1v) is 4.12. The van der Waals surface area contributed by atoms with Gasteiger partial charge in [-0.3, -0.25) is 0 Å². The summed E-state index contributed by atoms with van der Waals surface area (Å²) in [5.74, 6) is 0. The Hall–Kier alpha value is 0.210. The number of aliphatic hydroxyl groups excluding tert-OH is 1. The van der Waals surface area contributed by atoms with E-state index in [4.69, 9.17) is 0 Å². The first kappa shape index (κ1) is 14.7. The third-order valence-electron chi connectivity index (χ3n) is 1.74. The summed E-state index contributed by atoms with van der Waals surface area (Å²) in [6, 6.07) is 0. The summed E-state index contributed by atoms with van der Waals surface area (Å²) in [4.78, 5) is 0. The van der Waals surface area contributed by atoms with Crippen LogP contribution in [0.4, 0.5) is 0 Å². The van der Waals surface area contributed by atoms with Crippen molar-refractivity contribution in [3.05, 3.63) is 0 Å². The lowest BCUT2D eigenvalue weighted by Crippen LogP contribution is -2.55. The van der Waals surface area contributed by atoms with Gasteiger partial charge in [-0.2, -0.15) is 0 Å². The van der Waals surface area contributed by atoms with Crippen LogP contribution in [0.3, 0.4) is 0 Å². The molecule has 0 saturated carbocycles. The van der Waals surface area contributed by atoms with E-state index in [-0.39, 0.29) is 29.6 Å². The third-order valence-corrected chi connectivity index (χ3v) is 1.74. The van der Waals surface area contributed by atoms with Crippen LogP contribution in [-0.4, -0.2) is 22.3 Å². The van der Waals surface area contributed by atoms with Crippen molar-refractivity contribution in [2.45, 2.75) is 58.7 Å². The summed E-state index contributed by atoms with van der Waals surface area (Å²) < 4.78 is 0. The average molecular weight is 196 g/mol. The van der Waals surface area contributed by atoms with Crippen LogP contribution >= 0.6 is 12.4 Å². The van der Waals surface area contributed by atoms with Crippen molar-refractivity contribution in [3.8, 4) is 0 Å². The van der Waals surface area contributed by atoms with Crippen molar-refractivity contribution in [1.82, 2.24) is 5.32 Å². The third kappa shape index (κ3) is 5.81. The van der Waals surface area contributed by atoms with Crippen LogP contribution in [0.25, 0.3) is 0 Å². The van der Waals surface area contributed by atoms with Gasteiger partial charge in [0.15, 0.2) is 0 Å². The zero-order valence-electron chi connectivity index (χ0n) is 8.93. The Morgan fingerprint density at radius 1 is 1.08 bits per heavy atom. The van der Waals surface area contributed by atoms with Crippen LogP contribution in [-0.2, 0) is 0 Å². The van der Waals surface area contributed by atoms with Gasteiger partial charge in [0, 0.05) is 11.1 Å². The standard InChI is InChI=1S/C9H21NO.ClH/c1-7(11)9(5,6)10-8(2,3)4;/h7,10-11H,1-6H3;1H. The summed E-state index contributed by atoms with van der Waals surface area (Å²) in [5.41, 5.74) is -0.154. The zero-order chi connectivity index (χ0) is 9.28. The van der Waals surface area contributed by atoms with Crippen LogP contribution in [0.15, 0.2) is 0 Å². The summed E-state index contributed by atoms with van der Waals surface area (Å²) in [7, 11) is 0. The quantitative estimate of drug-likeness (QED) is 0.706. The number of aliphatic hydroxyl groups is 1. The van der Waals surface area contributed by atoms with Crippen molar-refractivity contribution in [1.29, 1.82) is 0 Å². The highest BCUT2D eigenvalue weighted by atomic mass is 35.5. The molecule has 0 saturated heterocycles. The lowest BCUT2D eigenvalue weighted by atomic mass is 9.94.